The van der Waals surface area contributed by atoms with Crippen LogP contribution in [0.25, 0.3) is 0 Å². The molecule has 17 heavy (non-hydrogen) atoms. The van der Waals surface area contributed by atoms with Crippen molar-refractivity contribution in [2.45, 2.75) is 41.4 Å². The van der Waals surface area contributed by atoms with E-state index in [4.69, 9.17) is 49.7 Å². The molecule has 1 saturated heterocycles. The molecule has 0 bridgehead atoms. The molecule has 0 aromatic heterocycles. The maximum Gasteiger partial charge on any atom is 0.265 e. The van der Waals surface area contributed by atoms with Gasteiger partial charge in [0.25, 0.3) is 3.79 Å². The normalized spacial score (nSPS) is 38.9. The highest BCUT2D eigenvalue weighted by atomic mass is 35.6. The zero-order valence-corrected chi connectivity index (χ0v) is 10.9. The molecule has 0 aromatic rings. The van der Waals surface area contributed by atoms with E-state index >= 15 is 0 Å². The Morgan fingerprint density at radius 2 is 1.71 bits per heavy atom. The van der Waals surface area contributed by atoms with Crippen molar-refractivity contribution in [3.63, 3.8) is 0 Å². The summed E-state index contributed by atoms with van der Waals surface area (Å²) in [5.41, 5.74) is 0. The van der Waals surface area contributed by atoms with Gasteiger partial charge < -0.3 is 24.8 Å². The molecule has 100 valence electrons. The standard InChI is InChI=1S/C8H12Cl3NO5/c1-2-3(13)4(14)5(15)6(16-2)17-7(12)8(9,10)11/h2-6,12-15H,1H3/t2-,3+,4+,5-,6+/m1/s1. The van der Waals surface area contributed by atoms with Crippen LogP contribution >= 0.6 is 34.8 Å². The van der Waals surface area contributed by atoms with E-state index in [-0.39, 0.29) is 0 Å². The number of ether oxygens (including phenoxy) is 2. The average Bonchev–Trinajstić information content (AvgIpc) is 2.21. The third-order valence-corrected chi connectivity index (χ3v) is 2.81. The van der Waals surface area contributed by atoms with E-state index < -0.39 is 40.4 Å². The first kappa shape index (κ1) is 15.2. The third-order valence-electron chi connectivity index (χ3n) is 2.30. The van der Waals surface area contributed by atoms with Crippen LogP contribution in [0.3, 0.4) is 0 Å². The molecule has 1 aliphatic rings. The Bertz CT molecular complexity index is 297. The van der Waals surface area contributed by atoms with Crippen molar-refractivity contribution >= 4 is 40.7 Å². The number of rotatable bonds is 1. The fraction of sp³-hybridized carbons (Fsp3) is 0.875. The summed E-state index contributed by atoms with van der Waals surface area (Å²) >= 11 is 16.2. The van der Waals surface area contributed by atoms with Crippen molar-refractivity contribution in [1.29, 1.82) is 5.41 Å². The lowest BCUT2D eigenvalue weighted by Gasteiger charge is -2.39. The number of hydrogen-bond acceptors (Lipinski definition) is 6. The van der Waals surface area contributed by atoms with E-state index in [0.717, 1.165) is 0 Å². The second-order valence-electron chi connectivity index (χ2n) is 3.63. The molecule has 0 spiro atoms. The lowest BCUT2D eigenvalue weighted by atomic mass is 10.0. The summed E-state index contributed by atoms with van der Waals surface area (Å²) in [4.78, 5) is 0. The van der Waals surface area contributed by atoms with Crippen LogP contribution < -0.4 is 0 Å². The number of hydrogen-bond donors (Lipinski definition) is 4. The van der Waals surface area contributed by atoms with E-state index in [0.29, 0.717) is 0 Å². The minimum absolute atomic E-state index is 0.748. The van der Waals surface area contributed by atoms with Crippen molar-refractivity contribution in [1.82, 2.24) is 0 Å². The van der Waals surface area contributed by atoms with Crippen molar-refractivity contribution < 1.29 is 24.8 Å². The highest BCUT2D eigenvalue weighted by Gasteiger charge is 2.44. The van der Waals surface area contributed by atoms with Crippen LogP contribution in [0.5, 0.6) is 0 Å². The van der Waals surface area contributed by atoms with Gasteiger partial charge in [-0.1, -0.05) is 34.8 Å². The first-order valence-corrected chi connectivity index (χ1v) is 5.80. The largest absolute Gasteiger partial charge is 0.445 e. The maximum absolute atomic E-state index is 9.55. The molecule has 0 saturated carbocycles. The molecule has 1 rings (SSSR count). The molecule has 0 unspecified atom stereocenters. The quantitative estimate of drug-likeness (QED) is 0.314. The monoisotopic (exact) mass is 307 g/mol. The van der Waals surface area contributed by atoms with E-state index in [1.54, 1.807) is 0 Å². The summed E-state index contributed by atoms with van der Waals surface area (Å²) in [6.07, 6.45) is -6.44. The van der Waals surface area contributed by atoms with Crippen LogP contribution in [-0.4, -0.2) is 55.7 Å². The number of aliphatic hydroxyl groups excluding tert-OH is 3. The predicted octanol–water partition coefficient (Wildman–Crippen LogP) is 0.178. The Hall–Kier alpha value is 0.180. The number of alkyl halides is 3. The summed E-state index contributed by atoms with van der Waals surface area (Å²) < 4.78 is 7.76. The van der Waals surface area contributed by atoms with Crippen LogP contribution in [0.2, 0.25) is 0 Å². The fourth-order valence-corrected chi connectivity index (χ4v) is 1.43. The Labute approximate surface area is 112 Å². The summed E-state index contributed by atoms with van der Waals surface area (Å²) in [5, 5.41) is 35.7. The minimum Gasteiger partial charge on any atom is -0.445 e. The van der Waals surface area contributed by atoms with Crippen molar-refractivity contribution in [2.24, 2.45) is 0 Å². The van der Waals surface area contributed by atoms with E-state index in [1.807, 2.05) is 0 Å². The molecular formula is C8H12Cl3NO5. The lowest BCUT2D eigenvalue weighted by Crippen LogP contribution is -2.58. The van der Waals surface area contributed by atoms with E-state index in [2.05, 4.69) is 0 Å². The number of halogens is 3. The first-order valence-electron chi connectivity index (χ1n) is 4.66. The lowest BCUT2D eigenvalue weighted by molar-refractivity contribution is -0.272. The summed E-state index contributed by atoms with van der Waals surface area (Å²) in [6, 6.07) is 0. The van der Waals surface area contributed by atoms with Crippen LogP contribution in [0.1, 0.15) is 6.92 Å². The molecule has 1 heterocycles. The van der Waals surface area contributed by atoms with Gasteiger partial charge >= 0.3 is 0 Å². The predicted molar refractivity (Wildman–Crippen MR) is 61.5 cm³/mol. The highest BCUT2D eigenvalue weighted by molar-refractivity contribution is 6.76. The number of nitrogens with one attached hydrogen (secondary N) is 1. The molecule has 9 heteroatoms. The van der Waals surface area contributed by atoms with Crippen LogP contribution in [0, 0.1) is 5.41 Å². The molecule has 0 aliphatic carbocycles. The number of aliphatic hydroxyl groups is 3. The zero-order chi connectivity index (χ0) is 13.4. The molecule has 5 atom stereocenters. The van der Waals surface area contributed by atoms with Gasteiger partial charge in [-0.3, -0.25) is 5.41 Å². The second kappa shape index (κ2) is 5.44. The van der Waals surface area contributed by atoms with Gasteiger partial charge in [0.1, 0.15) is 18.3 Å². The highest BCUT2D eigenvalue weighted by Crippen LogP contribution is 2.30. The summed E-state index contributed by atoms with van der Waals surface area (Å²) in [7, 11) is 0. The Kier molecular flexibility index (Phi) is 4.88. The molecule has 1 aliphatic heterocycles. The van der Waals surface area contributed by atoms with Crippen LogP contribution in [-0.2, 0) is 9.47 Å². The van der Waals surface area contributed by atoms with Crippen molar-refractivity contribution in [3.8, 4) is 0 Å². The summed E-state index contributed by atoms with van der Waals surface area (Å²) in [5.74, 6) is -0.748. The molecule has 1 fully saturated rings. The van der Waals surface area contributed by atoms with Gasteiger partial charge in [-0.15, -0.1) is 0 Å². The van der Waals surface area contributed by atoms with Crippen molar-refractivity contribution in [3.05, 3.63) is 0 Å². The van der Waals surface area contributed by atoms with Gasteiger partial charge in [0, 0.05) is 0 Å². The molecule has 6 nitrogen and oxygen atoms in total. The zero-order valence-electron chi connectivity index (χ0n) is 8.68. The van der Waals surface area contributed by atoms with Gasteiger partial charge in [0.2, 0.25) is 12.2 Å². The topological polar surface area (TPSA) is 103 Å². The minimum atomic E-state index is -2.09. The van der Waals surface area contributed by atoms with Crippen LogP contribution in [0.15, 0.2) is 0 Å². The smallest absolute Gasteiger partial charge is 0.265 e. The first-order chi connectivity index (χ1) is 7.64. The van der Waals surface area contributed by atoms with Crippen molar-refractivity contribution in [2.75, 3.05) is 0 Å². The molecule has 4 N–H and O–H groups in total. The Balaban J connectivity index is 2.69. The van der Waals surface area contributed by atoms with E-state index in [9.17, 15) is 15.3 Å². The van der Waals surface area contributed by atoms with Gasteiger partial charge in [-0.2, -0.15) is 0 Å². The SMILES string of the molecule is C[C@H]1O[C@@H](OC(=N)C(Cl)(Cl)Cl)[C@H](O)[C@@H](O)[C@H]1O. The molecule has 0 amide bonds. The van der Waals surface area contributed by atoms with Gasteiger partial charge in [0.05, 0.1) is 6.10 Å². The Morgan fingerprint density at radius 3 is 2.18 bits per heavy atom. The Morgan fingerprint density at radius 1 is 1.18 bits per heavy atom. The molecule has 0 aromatic carbocycles. The van der Waals surface area contributed by atoms with E-state index in [1.165, 1.54) is 6.92 Å². The van der Waals surface area contributed by atoms with Crippen LogP contribution in [0.4, 0.5) is 0 Å². The van der Waals surface area contributed by atoms with Gasteiger partial charge in [-0.25, -0.2) is 0 Å². The third kappa shape index (κ3) is 3.57. The summed E-state index contributed by atoms with van der Waals surface area (Å²) in [6.45, 7) is 1.47. The maximum atomic E-state index is 9.55. The van der Waals surface area contributed by atoms with Gasteiger partial charge in [0.15, 0.2) is 0 Å². The average molecular weight is 309 g/mol. The molecule has 0 radical (unpaired) electrons. The van der Waals surface area contributed by atoms with Gasteiger partial charge in [-0.05, 0) is 6.92 Å². The second-order valence-corrected chi connectivity index (χ2v) is 5.91. The molecular weight excluding hydrogens is 296 g/mol. The fourth-order valence-electron chi connectivity index (χ4n) is 1.29.